The summed E-state index contributed by atoms with van der Waals surface area (Å²) in [5.41, 5.74) is 3.86. The zero-order valence-electron chi connectivity index (χ0n) is 10.7. The molecule has 2 rings (SSSR count). The van der Waals surface area contributed by atoms with Gasteiger partial charge in [0.25, 0.3) is 0 Å². The third kappa shape index (κ3) is 3.15. The topological polar surface area (TPSA) is 49.3 Å². The molecule has 0 aliphatic rings. The number of hydrogen-bond acceptors (Lipinski definition) is 2. The number of aromatic carboxylic acids is 1. The van der Waals surface area contributed by atoms with E-state index in [1.54, 1.807) is 12.1 Å². The van der Waals surface area contributed by atoms with Crippen molar-refractivity contribution in [1.29, 1.82) is 0 Å². The molecule has 4 heteroatoms. The summed E-state index contributed by atoms with van der Waals surface area (Å²) in [7, 11) is 0. The maximum Gasteiger partial charge on any atom is 0.337 e. The van der Waals surface area contributed by atoms with Crippen molar-refractivity contribution in [3.63, 3.8) is 0 Å². The van der Waals surface area contributed by atoms with Crippen LogP contribution in [-0.2, 0) is 0 Å². The van der Waals surface area contributed by atoms with Crippen LogP contribution < -0.4 is 5.32 Å². The molecule has 0 saturated heterocycles. The van der Waals surface area contributed by atoms with E-state index in [0.717, 1.165) is 21.3 Å². The number of carbonyl (C=O) groups is 1. The highest BCUT2D eigenvalue weighted by Gasteiger charge is 2.10. The fraction of sp³-hybridized carbons (Fsp3) is 0.133. The van der Waals surface area contributed by atoms with Gasteiger partial charge in [-0.2, -0.15) is 0 Å². The van der Waals surface area contributed by atoms with E-state index in [0.29, 0.717) is 5.69 Å². The molecule has 2 aromatic rings. The lowest BCUT2D eigenvalue weighted by molar-refractivity contribution is 0.0698. The molecule has 0 radical (unpaired) electrons. The average Bonchev–Trinajstić information content (AvgIpc) is 2.33. The van der Waals surface area contributed by atoms with Gasteiger partial charge in [-0.3, -0.25) is 0 Å². The van der Waals surface area contributed by atoms with Crippen molar-refractivity contribution in [3.05, 3.63) is 57.6 Å². The molecule has 0 aliphatic heterocycles. The van der Waals surface area contributed by atoms with Gasteiger partial charge in [0, 0.05) is 10.2 Å². The monoisotopic (exact) mass is 319 g/mol. The summed E-state index contributed by atoms with van der Waals surface area (Å²) in [6.45, 7) is 3.94. The number of aryl methyl sites for hydroxylation is 2. The zero-order chi connectivity index (χ0) is 14.0. The van der Waals surface area contributed by atoms with Crippen LogP contribution in [0.25, 0.3) is 0 Å². The van der Waals surface area contributed by atoms with Gasteiger partial charge in [0.15, 0.2) is 0 Å². The van der Waals surface area contributed by atoms with Crippen molar-refractivity contribution in [3.8, 4) is 0 Å². The van der Waals surface area contributed by atoms with Gasteiger partial charge in [0.2, 0.25) is 0 Å². The first-order valence-electron chi connectivity index (χ1n) is 5.84. The van der Waals surface area contributed by atoms with Gasteiger partial charge in [0.05, 0.1) is 11.3 Å². The minimum absolute atomic E-state index is 0.266. The third-order valence-corrected chi connectivity index (χ3v) is 3.71. The number of carboxylic acid groups (broad SMARTS) is 1. The Hall–Kier alpha value is -1.81. The second-order valence-electron chi connectivity index (χ2n) is 4.44. The van der Waals surface area contributed by atoms with Gasteiger partial charge < -0.3 is 10.4 Å². The molecule has 0 aliphatic carbocycles. The summed E-state index contributed by atoms with van der Waals surface area (Å²) < 4.78 is 0.988. The standard InChI is InChI=1S/C15H14BrNO2/c1-9-3-6-12(15(18)19)14(7-9)17-11-5-4-10(2)13(16)8-11/h3-8,17H,1-2H3,(H,18,19). The Morgan fingerprint density at radius 1 is 1.16 bits per heavy atom. The van der Waals surface area contributed by atoms with E-state index in [4.69, 9.17) is 0 Å². The Morgan fingerprint density at radius 2 is 1.89 bits per heavy atom. The van der Waals surface area contributed by atoms with E-state index >= 15 is 0 Å². The first-order chi connectivity index (χ1) is 8.97. The molecule has 98 valence electrons. The highest BCUT2D eigenvalue weighted by atomic mass is 79.9. The van der Waals surface area contributed by atoms with Crippen molar-refractivity contribution in [2.75, 3.05) is 5.32 Å². The maximum absolute atomic E-state index is 11.2. The molecule has 0 aromatic heterocycles. The van der Waals surface area contributed by atoms with Crippen LogP contribution >= 0.6 is 15.9 Å². The summed E-state index contributed by atoms with van der Waals surface area (Å²) in [6, 6.07) is 11.1. The molecule has 2 N–H and O–H groups in total. The van der Waals surface area contributed by atoms with Crippen LogP contribution in [0.2, 0.25) is 0 Å². The van der Waals surface area contributed by atoms with Crippen LogP contribution in [0, 0.1) is 13.8 Å². The van der Waals surface area contributed by atoms with E-state index in [-0.39, 0.29) is 5.56 Å². The molecule has 0 atom stereocenters. The predicted octanol–water partition coefficient (Wildman–Crippen LogP) is 4.51. The van der Waals surface area contributed by atoms with Crippen LogP contribution in [-0.4, -0.2) is 11.1 Å². The van der Waals surface area contributed by atoms with Crippen LogP contribution in [0.3, 0.4) is 0 Å². The van der Waals surface area contributed by atoms with Crippen LogP contribution in [0.15, 0.2) is 40.9 Å². The highest BCUT2D eigenvalue weighted by Crippen LogP contribution is 2.26. The lowest BCUT2D eigenvalue weighted by atomic mass is 10.1. The zero-order valence-corrected chi connectivity index (χ0v) is 12.3. The molecule has 3 nitrogen and oxygen atoms in total. The Labute approximate surface area is 120 Å². The summed E-state index contributed by atoms with van der Waals surface area (Å²) in [6.07, 6.45) is 0. The Morgan fingerprint density at radius 3 is 2.53 bits per heavy atom. The summed E-state index contributed by atoms with van der Waals surface area (Å²) in [4.78, 5) is 11.2. The van der Waals surface area contributed by atoms with Crippen molar-refractivity contribution in [2.45, 2.75) is 13.8 Å². The molecule has 0 heterocycles. The minimum atomic E-state index is -0.936. The minimum Gasteiger partial charge on any atom is -0.478 e. The van der Waals surface area contributed by atoms with Gasteiger partial charge in [-0.05, 0) is 49.2 Å². The Kier molecular flexibility index (Phi) is 3.90. The normalized spacial score (nSPS) is 10.3. The Balaban J connectivity index is 2.39. The highest BCUT2D eigenvalue weighted by molar-refractivity contribution is 9.10. The molecular formula is C15H14BrNO2. The van der Waals surface area contributed by atoms with Gasteiger partial charge in [-0.1, -0.05) is 28.1 Å². The molecule has 0 unspecified atom stereocenters. The third-order valence-electron chi connectivity index (χ3n) is 2.86. The molecule has 19 heavy (non-hydrogen) atoms. The average molecular weight is 320 g/mol. The first-order valence-corrected chi connectivity index (χ1v) is 6.64. The molecule has 0 bridgehead atoms. The lowest BCUT2D eigenvalue weighted by Crippen LogP contribution is -2.03. The summed E-state index contributed by atoms with van der Waals surface area (Å²) in [5, 5.41) is 12.3. The fourth-order valence-electron chi connectivity index (χ4n) is 1.77. The number of halogens is 1. The smallest absolute Gasteiger partial charge is 0.337 e. The van der Waals surface area contributed by atoms with Crippen molar-refractivity contribution < 1.29 is 9.90 Å². The van der Waals surface area contributed by atoms with Crippen LogP contribution in [0.1, 0.15) is 21.5 Å². The number of anilines is 2. The fourth-order valence-corrected chi connectivity index (χ4v) is 2.15. The van der Waals surface area contributed by atoms with Gasteiger partial charge >= 0.3 is 5.97 Å². The molecule has 2 aromatic carbocycles. The molecule has 0 spiro atoms. The van der Waals surface area contributed by atoms with E-state index < -0.39 is 5.97 Å². The van der Waals surface area contributed by atoms with Crippen molar-refractivity contribution in [1.82, 2.24) is 0 Å². The molecule has 0 fully saturated rings. The first kappa shape index (κ1) is 13.6. The van der Waals surface area contributed by atoms with E-state index in [1.807, 2.05) is 38.1 Å². The molecular weight excluding hydrogens is 306 g/mol. The summed E-state index contributed by atoms with van der Waals surface area (Å²) >= 11 is 3.47. The number of nitrogens with one attached hydrogen (secondary N) is 1. The van der Waals surface area contributed by atoms with Gasteiger partial charge in [0.1, 0.15) is 0 Å². The number of hydrogen-bond donors (Lipinski definition) is 2. The van der Waals surface area contributed by atoms with Crippen molar-refractivity contribution >= 4 is 33.3 Å². The van der Waals surface area contributed by atoms with Gasteiger partial charge in [-0.15, -0.1) is 0 Å². The largest absolute Gasteiger partial charge is 0.478 e. The van der Waals surface area contributed by atoms with E-state index in [2.05, 4.69) is 21.2 Å². The number of carboxylic acids is 1. The SMILES string of the molecule is Cc1ccc(C(=O)O)c(Nc2ccc(C)c(Br)c2)c1. The van der Waals surface area contributed by atoms with Crippen LogP contribution in [0.5, 0.6) is 0 Å². The number of benzene rings is 2. The second kappa shape index (κ2) is 5.45. The van der Waals surface area contributed by atoms with Gasteiger partial charge in [-0.25, -0.2) is 4.79 Å². The van der Waals surface area contributed by atoms with E-state index in [1.165, 1.54) is 0 Å². The lowest BCUT2D eigenvalue weighted by Gasteiger charge is -2.11. The molecule has 0 saturated carbocycles. The number of rotatable bonds is 3. The van der Waals surface area contributed by atoms with E-state index in [9.17, 15) is 9.90 Å². The predicted molar refractivity (Wildman–Crippen MR) is 80.3 cm³/mol. The Bertz CT molecular complexity index is 638. The van der Waals surface area contributed by atoms with Crippen LogP contribution in [0.4, 0.5) is 11.4 Å². The summed E-state index contributed by atoms with van der Waals surface area (Å²) in [5.74, 6) is -0.936. The molecule has 0 amide bonds. The maximum atomic E-state index is 11.2. The second-order valence-corrected chi connectivity index (χ2v) is 5.30. The van der Waals surface area contributed by atoms with Crippen molar-refractivity contribution in [2.24, 2.45) is 0 Å². The quantitative estimate of drug-likeness (QED) is 0.875.